The van der Waals surface area contributed by atoms with Crippen molar-refractivity contribution in [2.75, 3.05) is 18.5 Å². The third kappa shape index (κ3) is 4.69. The van der Waals surface area contributed by atoms with Crippen LogP contribution in [-0.4, -0.2) is 31.1 Å². The highest BCUT2D eigenvalue weighted by atomic mass is 35.5. The van der Waals surface area contributed by atoms with Crippen molar-refractivity contribution in [3.8, 4) is 0 Å². The first kappa shape index (κ1) is 20.3. The molecule has 28 heavy (non-hydrogen) atoms. The summed E-state index contributed by atoms with van der Waals surface area (Å²) in [6.45, 7) is 1.28. The van der Waals surface area contributed by atoms with Gasteiger partial charge in [-0.1, -0.05) is 11.6 Å². The fourth-order valence-electron chi connectivity index (χ4n) is 2.60. The molecule has 0 unspecified atom stereocenters. The van der Waals surface area contributed by atoms with Crippen LogP contribution in [0.2, 0.25) is 5.02 Å². The molecule has 9 heteroatoms. The summed E-state index contributed by atoms with van der Waals surface area (Å²) in [5.41, 5.74) is 0.839. The molecule has 0 saturated heterocycles. The van der Waals surface area contributed by atoms with Gasteiger partial charge in [-0.05, 0) is 54.8 Å². The lowest BCUT2D eigenvalue weighted by atomic mass is 10.1. The lowest BCUT2D eigenvalue weighted by Gasteiger charge is -2.09. The van der Waals surface area contributed by atoms with Gasteiger partial charge in [0.05, 0.1) is 17.7 Å². The van der Waals surface area contributed by atoms with Gasteiger partial charge < -0.3 is 14.8 Å². The molecule has 6 nitrogen and oxygen atoms in total. The third-order valence-corrected chi connectivity index (χ3v) is 5.20. The second-order valence-electron chi connectivity index (χ2n) is 6.14. The van der Waals surface area contributed by atoms with Crippen LogP contribution in [0.1, 0.15) is 52.0 Å². The first-order valence-electron chi connectivity index (χ1n) is 8.61. The number of benzene rings is 1. The van der Waals surface area contributed by atoms with E-state index in [1.165, 1.54) is 17.4 Å². The average Bonchev–Trinajstić information content (AvgIpc) is 3.42. The third-order valence-electron chi connectivity index (χ3n) is 4.05. The normalized spacial score (nSPS) is 13.1. The molecular formula is C19H17ClFNO5S. The van der Waals surface area contributed by atoms with E-state index in [-0.39, 0.29) is 17.2 Å². The van der Waals surface area contributed by atoms with Gasteiger partial charge in [-0.3, -0.25) is 4.79 Å². The highest BCUT2D eigenvalue weighted by molar-refractivity contribution is 7.15. The van der Waals surface area contributed by atoms with Gasteiger partial charge in [-0.2, -0.15) is 0 Å². The van der Waals surface area contributed by atoms with Crippen molar-refractivity contribution in [2.45, 2.75) is 25.7 Å². The van der Waals surface area contributed by atoms with Gasteiger partial charge in [0, 0.05) is 5.02 Å². The van der Waals surface area contributed by atoms with Crippen molar-refractivity contribution in [3.05, 3.63) is 51.1 Å². The number of ether oxygens (including phenoxy) is 2. The number of rotatable bonds is 7. The smallest absolute Gasteiger partial charge is 0.341 e. The lowest BCUT2D eigenvalue weighted by Crippen LogP contribution is -2.22. The van der Waals surface area contributed by atoms with E-state index in [4.69, 9.17) is 21.1 Å². The number of anilines is 1. The first-order chi connectivity index (χ1) is 13.4. The maximum atomic E-state index is 13.7. The number of nitrogens with one attached hydrogen (secondary N) is 1. The standard InChI is InChI=1S/C19H17ClFNO5S/c1-2-26-19(25)16-13(10-3-4-10)9-28-17(16)22-15(23)8-27-18(24)12-7-11(20)5-6-14(12)21/h5-7,9-10H,2-4,8H2,1H3,(H,22,23). The molecule has 1 fully saturated rings. The summed E-state index contributed by atoms with van der Waals surface area (Å²) in [5.74, 6) is -2.66. The predicted molar refractivity (Wildman–Crippen MR) is 103 cm³/mol. The summed E-state index contributed by atoms with van der Waals surface area (Å²) < 4.78 is 23.6. The van der Waals surface area contributed by atoms with Crippen LogP contribution in [0.5, 0.6) is 0 Å². The quantitative estimate of drug-likeness (QED) is 0.665. The number of halogens is 2. The molecule has 0 bridgehead atoms. The second kappa shape index (κ2) is 8.70. The molecule has 1 saturated carbocycles. The van der Waals surface area contributed by atoms with Gasteiger partial charge in [0.2, 0.25) is 0 Å². The number of hydrogen-bond acceptors (Lipinski definition) is 6. The van der Waals surface area contributed by atoms with E-state index in [0.29, 0.717) is 16.5 Å². The molecule has 2 aromatic rings. The number of thiophene rings is 1. The van der Waals surface area contributed by atoms with Crippen molar-refractivity contribution >= 4 is 45.8 Å². The SMILES string of the molecule is CCOC(=O)c1c(C2CC2)csc1NC(=O)COC(=O)c1cc(Cl)ccc1F. The number of esters is 2. The Bertz CT molecular complexity index is 925. The Kier molecular flexibility index (Phi) is 6.31. The van der Waals surface area contributed by atoms with Gasteiger partial charge in [0.25, 0.3) is 5.91 Å². The van der Waals surface area contributed by atoms with Gasteiger partial charge in [0.1, 0.15) is 10.8 Å². The summed E-state index contributed by atoms with van der Waals surface area (Å²) in [5, 5.41) is 4.91. The molecule has 1 amide bonds. The molecule has 1 heterocycles. The topological polar surface area (TPSA) is 81.7 Å². The molecule has 0 atom stereocenters. The number of carbonyl (C=O) groups is 3. The summed E-state index contributed by atoms with van der Waals surface area (Å²) >= 11 is 6.95. The maximum absolute atomic E-state index is 13.7. The van der Waals surface area contributed by atoms with E-state index in [9.17, 15) is 18.8 Å². The molecule has 1 aliphatic carbocycles. The van der Waals surface area contributed by atoms with Crippen molar-refractivity contribution < 1.29 is 28.2 Å². The zero-order valence-corrected chi connectivity index (χ0v) is 16.5. The van der Waals surface area contributed by atoms with Crippen LogP contribution in [0.4, 0.5) is 9.39 Å². The van der Waals surface area contributed by atoms with Gasteiger partial charge >= 0.3 is 11.9 Å². The Morgan fingerprint density at radius 2 is 2.00 bits per heavy atom. The Labute approximate surface area is 169 Å². The molecule has 1 N–H and O–H groups in total. The summed E-state index contributed by atoms with van der Waals surface area (Å²) in [4.78, 5) is 36.4. The molecule has 1 aromatic carbocycles. The van der Waals surface area contributed by atoms with Crippen LogP contribution in [0.3, 0.4) is 0 Å². The monoisotopic (exact) mass is 425 g/mol. The second-order valence-corrected chi connectivity index (χ2v) is 7.45. The molecule has 1 aromatic heterocycles. The lowest BCUT2D eigenvalue weighted by molar-refractivity contribution is -0.119. The highest BCUT2D eigenvalue weighted by Gasteiger charge is 2.32. The van der Waals surface area contributed by atoms with Gasteiger partial charge in [-0.15, -0.1) is 11.3 Å². The Morgan fingerprint density at radius 3 is 2.68 bits per heavy atom. The molecule has 0 aliphatic heterocycles. The minimum absolute atomic E-state index is 0.170. The average molecular weight is 426 g/mol. The zero-order chi connectivity index (χ0) is 20.3. The van der Waals surface area contributed by atoms with Crippen LogP contribution in [0.15, 0.2) is 23.6 Å². The molecule has 1 aliphatic rings. The number of carbonyl (C=O) groups excluding carboxylic acids is 3. The summed E-state index contributed by atoms with van der Waals surface area (Å²) in [7, 11) is 0. The van der Waals surface area contributed by atoms with Crippen molar-refractivity contribution in [3.63, 3.8) is 0 Å². The van der Waals surface area contributed by atoms with Gasteiger partial charge in [-0.25, -0.2) is 14.0 Å². The van der Waals surface area contributed by atoms with Crippen LogP contribution in [0.25, 0.3) is 0 Å². The fourth-order valence-corrected chi connectivity index (χ4v) is 3.82. The van der Waals surface area contributed by atoms with E-state index in [1.807, 2.05) is 5.38 Å². The predicted octanol–water partition coefficient (Wildman–Crippen LogP) is 4.39. The minimum atomic E-state index is -1.01. The Morgan fingerprint density at radius 1 is 1.25 bits per heavy atom. The minimum Gasteiger partial charge on any atom is -0.462 e. The van der Waals surface area contributed by atoms with Crippen molar-refractivity contribution in [1.82, 2.24) is 0 Å². The van der Waals surface area contributed by atoms with Crippen LogP contribution >= 0.6 is 22.9 Å². The number of amides is 1. The molecule has 0 spiro atoms. The Hall–Kier alpha value is -2.45. The van der Waals surface area contributed by atoms with Crippen LogP contribution in [0, 0.1) is 5.82 Å². The summed E-state index contributed by atoms with van der Waals surface area (Å²) in [6.07, 6.45) is 1.97. The molecular weight excluding hydrogens is 409 g/mol. The maximum Gasteiger partial charge on any atom is 0.341 e. The fraction of sp³-hybridized carbons (Fsp3) is 0.316. The summed E-state index contributed by atoms with van der Waals surface area (Å²) in [6, 6.07) is 3.46. The van der Waals surface area contributed by atoms with E-state index in [2.05, 4.69) is 5.32 Å². The molecule has 0 radical (unpaired) electrons. The largest absolute Gasteiger partial charge is 0.462 e. The van der Waals surface area contributed by atoms with Crippen molar-refractivity contribution in [1.29, 1.82) is 0 Å². The Balaban J connectivity index is 1.66. The molecule has 148 valence electrons. The van der Waals surface area contributed by atoms with Gasteiger partial charge in [0.15, 0.2) is 6.61 Å². The van der Waals surface area contributed by atoms with Crippen molar-refractivity contribution in [2.24, 2.45) is 0 Å². The first-order valence-corrected chi connectivity index (χ1v) is 9.87. The molecule has 3 rings (SSSR count). The van der Waals surface area contributed by atoms with Crippen LogP contribution in [-0.2, 0) is 14.3 Å². The van der Waals surface area contributed by atoms with E-state index >= 15 is 0 Å². The van der Waals surface area contributed by atoms with Crippen LogP contribution < -0.4 is 5.32 Å². The zero-order valence-electron chi connectivity index (χ0n) is 14.9. The van der Waals surface area contributed by atoms with E-state index < -0.39 is 30.3 Å². The number of hydrogen-bond donors (Lipinski definition) is 1. The van der Waals surface area contributed by atoms with E-state index in [1.54, 1.807) is 6.92 Å². The highest BCUT2D eigenvalue weighted by Crippen LogP contribution is 2.46. The van der Waals surface area contributed by atoms with E-state index in [0.717, 1.165) is 30.5 Å².